The van der Waals surface area contributed by atoms with Crippen LogP contribution in [-0.2, 0) is 4.74 Å². The number of rotatable bonds is 5. The van der Waals surface area contributed by atoms with Crippen molar-refractivity contribution in [1.29, 1.82) is 0 Å². The van der Waals surface area contributed by atoms with Crippen molar-refractivity contribution in [3.05, 3.63) is 0 Å². The molecule has 0 spiro atoms. The molecule has 0 aromatic heterocycles. The highest BCUT2D eigenvalue weighted by Gasteiger charge is 2.18. The van der Waals surface area contributed by atoms with Crippen LogP contribution >= 0.6 is 0 Å². The molecular formula is C10H23N3O. The zero-order chi connectivity index (χ0) is 10.4. The van der Waals surface area contributed by atoms with Crippen molar-refractivity contribution in [1.82, 2.24) is 9.80 Å². The number of ether oxygens (including phenoxy) is 1. The van der Waals surface area contributed by atoms with Gasteiger partial charge in [0.05, 0.1) is 12.7 Å². The SMILES string of the molecule is CN(CCCN)CC1CN(C)CCO1. The Kier molecular flexibility index (Phi) is 5.40. The Hall–Kier alpha value is -0.160. The second-order valence-electron chi connectivity index (χ2n) is 4.16. The molecule has 1 aliphatic rings. The van der Waals surface area contributed by atoms with Gasteiger partial charge in [-0.05, 0) is 33.6 Å². The van der Waals surface area contributed by atoms with Crippen LogP contribution in [0.4, 0.5) is 0 Å². The highest BCUT2D eigenvalue weighted by Crippen LogP contribution is 2.04. The zero-order valence-corrected chi connectivity index (χ0v) is 9.41. The number of likely N-dealkylation sites (N-methyl/N-ethyl adjacent to an activating group) is 2. The highest BCUT2D eigenvalue weighted by molar-refractivity contribution is 4.71. The van der Waals surface area contributed by atoms with E-state index in [-0.39, 0.29) is 0 Å². The molecule has 0 aromatic carbocycles. The second-order valence-corrected chi connectivity index (χ2v) is 4.16. The molecule has 4 heteroatoms. The Balaban J connectivity index is 2.15. The maximum Gasteiger partial charge on any atom is 0.0829 e. The minimum atomic E-state index is 0.372. The van der Waals surface area contributed by atoms with Crippen molar-refractivity contribution in [3.8, 4) is 0 Å². The maximum atomic E-state index is 5.68. The van der Waals surface area contributed by atoms with Crippen LogP contribution < -0.4 is 5.73 Å². The molecule has 4 nitrogen and oxygen atoms in total. The molecule has 1 heterocycles. The fraction of sp³-hybridized carbons (Fsp3) is 1.00. The molecule has 0 aliphatic carbocycles. The number of hydrogen-bond acceptors (Lipinski definition) is 4. The summed E-state index contributed by atoms with van der Waals surface area (Å²) in [5.74, 6) is 0. The summed E-state index contributed by atoms with van der Waals surface area (Å²) in [5, 5.41) is 0. The Morgan fingerprint density at radius 3 is 3.00 bits per heavy atom. The predicted molar refractivity (Wildman–Crippen MR) is 58.4 cm³/mol. The van der Waals surface area contributed by atoms with E-state index in [1.54, 1.807) is 0 Å². The van der Waals surface area contributed by atoms with E-state index in [9.17, 15) is 0 Å². The van der Waals surface area contributed by atoms with E-state index in [1.165, 1.54) is 0 Å². The Morgan fingerprint density at radius 2 is 2.36 bits per heavy atom. The lowest BCUT2D eigenvalue weighted by Gasteiger charge is -2.32. The zero-order valence-electron chi connectivity index (χ0n) is 9.41. The molecule has 1 rings (SSSR count). The van der Waals surface area contributed by atoms with E-state index in [1.807, 2.05) is 0 Å². The Morgan fingerprint density at radius 1 is 1.57 bits per heavy atom. The maximum absolute atomic E-state index is 5.68. The van der Waals surface area contributed by atoms with Gasteiger partial charge in [0.1, 0.15) is 0 Å². The summed E-state index contributed by atoms with van der Waals surface area (Å²) in [6, 6.07) is 0. The first-order valence-electron chi connectivity index (χ1n) is 5.41. The standard InChI is InChI=1S/C10H23N3O/c1-12(5-3-4-11)8-10-9-13(2)6-7-14-10/h10H,3-9,11H2,1-2H3. The van der Waals surface area contributed by atoms with Crippen molar-refractivity contribution >= 4 is 0 Å². The van der Waals surface area contributed by atoms with Crippen LogP contribution in [0.2, 0.25) is 0 Å². The summed E-state index contributed by atoms with van der Waals surface area (Å²) < 4.78 is 5.68. The van der Waals surface area contributed by atoms with Crippen LogP contribution in [0.25, 0.3) is 0 Å². The van der Waals surface area contributed by atoms with E-state index in [4.69, 9.17) is 10.5 Å². The van der Waals surface area contributed by atoms with Gasteiger partial charge in [-0.3, -0.25) is 0 Å². The number of nitrogens with zero attached hydrogens (tertiary/aromatic N) is 2. The topological polar surface area (TPSA) is 41.7 Å². The van der Waals surface area contributed by atoms with Gasteiger partial charge < -0.3 is 20.3 Å². The van der Waals surface area contributed by atoms with E-state index in [2.05, 4.69) is 23.9 Å². The largest absolute Gasteiger partial charge is 0.374 e. The fourth-order valence-corrected chi connectivity index (χ4v) is 1.78. The molecule has 1 saturated heterocycles. The van der Waals surface area contributed by atoms with Crippen molar-refractivity contribution in [2.45, 2.75) is 12.5 Å². The Bertz CT molecular complexity index is 154. The van der Waals surface area contributed by atoms with Crippen LogP contribution in [-0.4, -0.2) is 69.3 Å². The lowest BCUT2D eigenvalue weighted by molar-refractivity contribution is -0.0324. The van der Waals surface area contributed by atoms with E-state index < -0.39 is 0 Å². The van der Waals surface area contributed by atoms with Gasteiger partial charge in [0.25, 0.3) is 0 Å². The molecular weight excluding hydrogens is 178 g/mol. The van der Waals surface area contributed by atoms with Gasteiger partial charge in [-0.1, -0.05) is 0 Å². The van der Waals surface area contributed by atoms with Crippen molar-refractivity contribution in [3.63, 3.8) is 0 Å². The molecule has 84 valence electrons. The van der Waals surface area contributed by atoms with Gasteiger partial charge in [0.15, 0.2) is 0 Å². The molecule has 0 saturated carbocycles. The lowest BCUT2D eigenvalue weighted by Crippen LogP contribution is -2.45. The molecule has 0 bridgehead atoms. The van der Waals surface area contributed by atoms with Gasteiger partial charge in [-0.25, -0.2) is 0 Å². The smallest absolute Gasteiger partial charge is 0.0829 e. The number of nitrogens with two attached hydrogens (primary N) is 1. The summed E-state index contributed by atoms with van der Waals surface area (Å²) in [6.07, 6.45) is 1.44. The second kappa shape index (κ2) is 6.35. The van der Waals surface area contributed by atoms with Gasteiger partial charge in [0, 0.05) is 19.6 Å². The molecule has 14 heavy (non-hydrogen) atoms. The third-order valence-corrected chi connectivity index (χ3v) is 2.60. The summed E-state index contributed by atoms with van der Waals surface area (Å²) in [5.41, 5.74) is 5.47. The first-order valence-corrected chi connectivity index (χ1v) is 5.41. The van der Waals surface area contributed by atoms with Gasteiger partial charge in [0.2, 0.25) is 0 Å². The number of morpholine rings is 1. The monoisotopic (exact) mass is 201 g/mol. The first kappa shape index (κ1) is 11.9. The van der Waals surface area contributed by atoms with Crippen LogP contribution in [0.3, 0.4) is 0 Å². The molecule has 0 amide bonds. The first-order chi connectivity index (χ1) is 6.72. The quantitative estimate of drug-likeness (QED) is 0.657. The van der Waals surface area contributed by atoms with Crippen LogP contribution in [0.15, 0.2) is 0 Å². The van der Waals surface area contributed by atoms with E-state index >= 15 is 0 Å². The van der Waals surface area contributed by atoms with Crippen LogP contribution in [0.5, 0.6) is 0 Å². The van der Waals surface area contributed by atoms with Crippen LogP contribution in [0.1, 0.15) is 6.42 Å². The molecule has 1 fully saturated rings. The van der Waals surface area contributed by atoms with Crippen molar-refractivity contribution < 1.29 is 4.74 Å². The summed E-state index contributed by atoms with van der Waals surface area (Å²) in [4.78, 5) is 4.63. The highest BCUT2D eigenvalue weighted by atomic mass is 16.5. The minimum Gasteiger partial charge on any atom is -0.374 e. The summed E-state index contributed by atoms with van der Waals surface area (Å²) in [7, 11) is 4.28. The van der Waals surface area contributed by atoms with Gasteiger partial charge in [-0.2, -0.15) is 0 Å². The molecule has 1 aliphatic heterocycles. The molecule has 0 aromatic rings. The lowest BCUT2D eigenvalue weighted by atomic mass is 10.2. The molecule has 1 atom stereocenters. The minimum absolute atomic E-state index is 0.372. The molecule has 2 N–H and O–H groups in total. The van der Waals surface area contributed by atoms with E-state index in [0.29, 0.717) is 6.10 Å². The van der Waals surface area contributed by atoms with Crippen molar-refractivity contribution in [2.24, 2.45) is 5.73 Å². The third kappa shape index (κ3) is 4.37. The summed E-state index contributed by atoms with van der Waals surface area (Å²) >= 11 is 0. The number of hydrogen-bond donors (Lipinski definition) is 1. The average Bonchev–Trinajstić information content (AvgIpc) is 2.15. The van der Waals surface area contributed by atoms with Gasteiger partial charge in [-0.15, -0.1) is 0 Å². The Labute approximate surface area is 87.0 Å². The average molecular weight is 201 g/mol. The summed E-state index contributed by atoms with van der Waals surface area (Å²) in [6.45, 7) is 5.84. The van der Waals surface area contributed by atoms with Crippen LogP contribution in [0, 0.1) is 0 Å². The molecule has 1 unspecified atom stereocenters. The fourth-order valence-electron chi connectivity index (χ4n) is 1.78. The van der Waals surface area contributed by atoms with Crippen molar-refractivity contribution in [2.75, 3.05) is 53.4 Å². The molecule has 0 radical (unpaired) electrons. The predicted octanol–water partition coefficient (Wildman–Crippen LogP) is -0.402. The third-order valence-electron chi connectivity index (χ3n) is 2.60. The van der Waals surface area contributed by atoms with E-state index in [0.717, 1.165) is 45.8 Å². The van der Waals surface area contributed by atoms with Gasteiger partial charge >= 0.3 is 0 Å². The normalized spacial score (nSPS) is 24.4.